The molecule has 3 unspecified atom stereocenters. The average molecular weight is 276 g/mol. The third-order valence-corrected chi connectivity index (χ3v) is 4.75. The summed E-state index contributed by atoms with van der Waals surface area (Å²) in [7, 11) is 0. The quantitative estimate of drug-likeness (QED) is 0.868. The lowest BCUT2D eigenvalue weighted by Gasteiger charge is -2.39. The van der Waals surface area contributed by atoms with Crippen molar-refractivity contribution in [3.63, 3.8) is 0 Å². The zero-order chi connectivity index (χ0) is 14.6. The van der Waals surface area contributed by atoms with Crippen LogP contribution >= 0.6 is 0 Å². The van der Waals surface area contributed by atoms with Gasteiger partial charge in [-0.05, 0) is 44.2 Å². The van der Waals surface area contributed by atoms with E-state index in [2.05, 4.69) is 18.7 Å². The maximum absolute atomic E-state index is 9.73. The molecular weight excluding hydrogens is 248 g/mol. The summed E-state index contributed by atoms with van der Waals surface area (Å²) in [6, 6.07) is 10.6. The fourth-order valence-corrected chi connectivity index (χ4v) is 3.22. The molecule has 1 saturated heterocycles. The van der Waals surface area contributed by atoms with Crippen molar-refractivity contribution in [2.75, 3.05) is 19.7 Å². The van der Waals surface area contributed by atoms with Crippen LogP contribution in [-0.4, -0.2) is 35.7 Å². The molecule has 20 heavy (non-hydrogen) atoms. The van der Waals surface area contributed by atoms with Crippen LogP contribution in [0.4, 0.5) is 0 Å². The van der Waals surface area contributed by atoms with E-state index in [-0.39, 0.29) is 6.61 Å². The maximum Gasteiger partial charge on any atom is 0.0656 e. The van der Waals surface area contributed by atoms with E-state index in [0.717, 1.165) is 31.0 Å². The number of benzene rings is 1. The van der Waals surface area contributed by atoms with Crippen molar-refractivity contribution in [3.05, 3.63) is 35.9 Å². The number of rotatable bonds is 5. The van der Waals surface area contributed by atoms with E-state index in [1.807, 2.05) is 30.3 Å². The number of piperidine rings is 1. The van der Waals surface area contributed by atoms with Gasteiger partial charge >= 0.3 is 0 Å². The molecule has 1 aromatic carbocycles. The van der Waals surface area contributed by atoms with Crippen LogP contribution in [0, 0.1) is 5.92 Å². The second-order valence-electron chi connectivity index (χ2n) is 6.44. The number of hydrogen-bond donors (Lipinski definition) is 2. The smallest absolute Gasteiger partial charge is 0.0656 e. The molecule has 0 aromatic heterocycles. The Hall–Kier alpha value is -0.900. The van der Waals surface area contributed by atoms with Crippen LogP contribution in [0.1, 0.15) is 38.7 Å². The van der Waals surface area contributed by atoms with Gasteiger partial charge in [-0.3, -0.25) is 0 Å². The molecule has 2 rings (SSSR count). The standard InChI is InChI=1S/C17H28N2O/c1-14-8-10-19(15(2)12-14)11-9-17(18,13-20)16-6-4-3-5-7-16/h3-7,14-15,20H,8-13,18H2,1-2H3. The molecule has 1 heterocycles. The molecule has 0 saturated carbocycles. The van der Waals surface area contributed by atoms with Gasteiger partial charge in [0.1, 0.15) is 0 Å². The van der Waals surface area contributed by atoms with E-state index in [1.54, 1.807) is 0 Å². The minimum absolute atomic E-state index is 0.00433. The molecule has 3 nitrogen and oxygen atoms in total. The fraction of sp³-hybridized carbons (Fsp3) is 0.647. The van der Waals surface area contributed by atoms with Crippen LogP contribution in [0.5, 0.6) is 0 Å². The molecule has 3 heteroatoms. The molecule has 0 radical (unpaired) electrons. The Morgan fingerprint density at radius 1 is 1.30 bits per heavy atom. The van der Waals surface area contributed by atoms with Gasteiger partial charge in [0.2, 0.25) is 0 Å². The van der Waals surface area contributed by atoms with Crippen LogP contribution < -0.4 is 5.73 Å². The molecule has 0 spiro atoms. The number of nitrogens with two attached hydrogens (primary N) is 1. The minimum Gasteiger partial charge on any atom is -0.394 e. The molecule has 0 bridgehead atoms. The lowest BCUT2D eigenvalue weighted by atomic mass is 9.87. The summed E-state index contributed by atoms with van der Waals surface area (Å²) in [6.07, 6.45) is 3.33. The highest BCUT2D eigenvalue weighted by Crippen LogP contribution is 2.26. The summed E-state index contributed by atoms with van der Waals surface area (Å²) in [5.74, 6) is 0.829. The van der Waals surface area contributed by atoms with Crippen molar-refractivity contribution in [1.29, 1.82) is 0 Å². The topological polar surface area (TPSA) is 49.5 Å². The van der Waals surface area contributed by atoms with E-state index in [0.29, 0.717) is 6.04 Å². The first-order valence-corrected chi connectivity index (χ1v) is 7.74. The van der Waals surface area contributed by atoms with Gasteiger partial charge < -0.3 is 15.7 Å². The summed E-state index contributed by atoms with van der Waals surface area (Å²) in [6.45, 7) is 6.74. The Morgan fingerprint density at radius 2 is 2.00 bits per heavy atom. The molecule has 1 fully saturated rings. The number of aliphatic hydroxyl groups is 1. The molecule has 1 aliphatic heterocycles. The van der Waals surface area contributed by atoms with Crippen LogP contribution in [0.25, 0.3) is 0 Å². The highest BCUT2D eigenvalue weighted by Gasteiger charge is 2.29. The first-order chi connectivity index (χ1) is 9.55. The van der Waals surface area contributed by atoms with Crippen LogP contribution in [0.15, 0.2) is 30.3 Å². The lowest BCUT2D eigenvalue weighted by molar-refractivity contribution is 0.104. The van der Waals surface area contributed by atoms with Crippen LogP contribution in [0.3, 0.4) is 0 Å². The van der Waals surface area contributed by atoms with E-state index in [1.165, 1.54) is 12.8 Å². The Bertz CT molecular complexity index is 409. The van der Waals surface area contributed by atoms with E-state index >= 15 is 0 Å². The van der Waals surface area contributed by atoms with Gasteiger partial charge in [0.05, 0.1) is 12.1 Å². The average Bonchev–Trinajstić information content (AvgIpc) is 2.47. The molecule has 3 N–H and O–H groups in total. The number of hydrogen-bond acceptors (Lipinski definition) is 3. The summed E-state index contributed by atoms with van der Waals surface area (Å²) in [4.78, 5) is 2.51. The highest BCUT2D eigenvalue weighted by atomic mass is 16.3. The summed E-state index contributed by atoms with van der Waals surface area (Å²) < 4.78 is 0. The zero-order valence-corrected chi connectivity index (χ0v) is 12.8. The molecular formula is C17H28N2O. The Balaban J connectivity index is 1.97. The maximum atomic E-state index is 9.73. The van der Waals surface area contributed by atoms with Gasteiger partial charge in [0, 0.05) is 12.6 Å². The molecule has 1 aliphatic rings. The molecule has 1 aromatic rings. The largest absolute Gasteiger partial charge is 0.394 e. The van der Waals surface area contributed by atoms with E-state index < -0.39 is 5.54 Å². The van der Waals surface area contributed by atoms with Crippen LogP contribution in [0.2, 0.25) is 0 Å². The number of aliphatic hydroxyl groups excluding tert-OH is 1. The Labute approximate surface area is 122 Å². The normalized spacial score (nSPS) is 27.2. The summed E-state index contributed by atoms with van der Waals surface area (Å²) in [5.41, 5.74) is 6.84. The van der Waals surface area contributed by atoms with Gasteiger partial charge in [-0.25, -0.2) is 0 Å². The van der Waals surface area contributed by atoms with Crippen molar-refractivity contribution in [1.82, 2.24) is 4.90 Å². The predicted molar refractivity (Wildman–Crippen MR) is 83.4 cm³/mol. The fourth-order valence-electron chi connectivity index (χ4n) is 3.22. The summed E-state index contributed by atoms with van der Waals surface area (Å²) >= 11 is 0. The zero-order valence-electron chi connectivity index (χ0n) is 12.8. The summed E-state index contributed by atoms with van der Waals surface area (Å²) in [5, 5.41) is 9.73. The predicted octanol–water partition coefficient (Wildman–Crippen LogP) is 2.34. The van der Waals surface area contributed by atoms with Gasteiger partial charge in [-0.1, -0.05) is 37.3 Å². The van der Waals surface area contributed by atoms with Crippen molar-refractivity contribution < 1.29 is 5.11 Å². The lowest BCUT2D eigenvalue weighted by Crippen LogP contribution is -2.47. The minimum atomic E-state index is -0.621. The van der Waals surface area contributed by atoms with E-state index in [4.69, 9.17) is 5.73 Å². The van der Waals surface area contributed by atoms with Crippen molar-refractivity contribution in [2.45, 2.75) is 44.7 Å². The first-order valence-electron chi connectivity index (χ1n) is 7.74. The highest BCUT2D eigenvalue weighted by molar-refractivity contribution is 5.24. The molecule has 0 aliphatic carbocycles. The van der Waals surface area contributed by atoms with Gasteiger partial charge in [0.15, 0.2) is 0 Å². The van der Waals surface area contributed by atoms with E-state index in [9.17, 15) is 5.11 Å². The monoisotopic (exact) mass is 276 g/mol. The van der Waals surface area contributed by atoms with Crippen LogP contribution in [-0.2, 0) is 5.54 Å². The van der Waals surface area contributed by atoms with Gasteiger partial charge in [-0.15, -0.1) is 0 Å². The Morgan fingerprint density at radius 3 is 2.60 bits per heavy atom. The molecule has 3 atom stereocenters. The van der Waals surface area contributed by atoms with Crippen molar-refractivity contribution in [3.8, 4) is 0 Å². The van der Waals surface area contributed by atoms with Crippen molar-refractivity contribution in [2.24, 2.45) is 11.7 Å². The molecule has 0 amide bonds. The van der Waals surface area contributed by atoms with Gasteiger partial charge in [0.25, 0.3) is 0 Å². The first kappa shape index (κ1) is 15.5. The van der Waals surface area contributed by atoms with Gasteiger partial charge in [-0.2, -0.15) is 0 Å². The van der Waals surface area contributed by atoms with Crippen molar-refractivity contribution >= 4 is 0 Å². The SMILES string of the molecule is CC1CCN(CCC(N)(CO)c2ccccc2)C(C)C1. The number of likely N-dealkylation sites (tertiary alicyclic amines) is 1. The number of nitrogens with zero attached hydrogens (tertiary/aromatic N) is 1. The second-order valence-corrected chi connectivity index (χ2v) is 6.44. The second kappa shape index (κ2) is 6.70. The molecule has 112 valence electrons. The Kier molecular flexibility index (Phi) is 5.19. The third kappa shape index (κ3) is 3.60. The third-order valence-electron chi connectivity index (χ3n) is 4.75.